The van der Waals surface area contributed by atoms with E-state index in [2.05, 4.69) is 67.8 Å². The average molecular weight is 1590 g/mol. The Bertz CT molecular complexity index is 2250. The van der Waals surface area contributed by atoms with Gasteiger partial charge in [0.1, 0.15) is 73.2 Å². The molecule has 19 heteroatoms. The smallest absolute Gasteiger partial charge is 0.220 e. The van der Waals surface area contributed by atoms with Crippen LogP contribution in [0.5, 0.6) is 0 Å². The molecular formula is C93H171NO18. The number of unbranched alkanes of at least 4 members (excludes halogenated alkanes) is 52. The van der Waals surface area contributed by atoms with Crippen LogP contribution in [0.3, 0.4) is 0 Å². The zero-order valence-corrected chi connectivity index (χ0v) is 70.9. The van der Waals surface area contributed by atoms with Crippen molar-refractivity contribution in [1.82, 2.24) is 5.32 Å². The SMILES string of the molecule is CCCCCCC/C=C\C/C=C\C/C=C\CCCCCCCCCCCCCCCCCCCCCCC(=O)NC(COC1OC(CO)C(OC2OC(CO)C(OC3OC(CO)C(O)C(O)C3O)C(O)C2O)C(O)C1O)C(O)/C=C/CC/C=C/CCCCCCCCCCCCCCCCCCCCCCCCCCCC. The van der Waals surface area contributed by atoms with Crippen LogP contribution in [0.25, 0.3) is 0 Å². The van der Waals surface area contributed by atoms with Crippen LogP contribution in [0.15, 0.2) is 60.8 Å². The molecule has 17 atom stereocenters. The third kappa shape index (κ3) is 50.4. The summed E-state index contributed by atoms with van der Waals surface area (Å²) in [5, 5.41) is 121. The summed E-state index contributed by atoms with van der Waals surface area (Å²) in [6, 6.07) is -0.993. The van der Waals surface area contributed by atoms with Gasteiger partial charge in [-0.2, -0.15) is 0 Å². The number of nitrogens with one attached hydrogen (secondary N) is 1. The van der Waals surface area contributed by atoms with Gasteiger partial charge < -0.3 is 89.9 Å². The molecule has 3 saturated heterocycles. The second kappa shape index (κ2) is 72.5. The Morgan fingerprint density at radius 1 is 0.321 bits per heavy atom. The lowest BCUT2D eigenvalue weighted by molar-refractivity contribution is -0.379. The first kappa shape index (κ1) is 104. The second-order valence-corrected chi connectivity index (χ2v) is 33.1. The lowest BCUT2D eigenvalue weighted by Gasteiger charge is -2.48. The Morgan fingerprint density at radius 2 is 0.598 bits per heavy atom. The summed E-state index contributed by atoms with van der Waals surface area (Å²) >= 11 is 0. The van der Waals surface area contributed by atoms with Crippen molar-refractivity contribution in [2.24, 2.45) is 0 Å². The maximum Gasteiger partial charge on any atom is 0.220 e. The summed E-state index contributed by atoms with van der Waals surface area (Å²) < 4.78 is 34.5. The zero-order valence-electron chi connectivity index (χ0n) is 70.9. The monoisotopic (exact) mass is 1590 g/mol. The molecule has 12 N–H and O–H groups in total. The summed E-state index contributed by atoms with van der Waals surface area (Å²) in [4.78, 5) is 13.5. The van der Waals surface area contributed by atoms with Gasteiger partial charge in [-0.15, -0.1) is 0 Å². The Labute approximate surface area is 681 Å². The predicted octanol–water partition coefficient (Wildman–Crippen LogP) is 18.1. The molecule has 0 aliphatic carbocycles. The number of aliphatic hydroxyl groups is 11. The predicted molar refractivity (Wildman–Crippen MR) is 452 cm³/mol. The first-order valence-corrected chi connectivity index (χ1v) is 46.5. The normalized spacial score (nSPS) is 25.2. The molecular weight excluding hydrogens is 1420 g/mol. The van der Waals surface area contributed by atoms with E-state index < -0.39 is 124 Å². The van der Waals surface area contributed by atoms with Gasteiger partial charge >= 0.3 is 0 Å². The van der Waals surface area contributed by atoms with Gasteiger partial charge in [-0.25, -0.2) is 0 Å². The molecule has 0 aromatic carbocycles. The minimum Gasteiger partial charge on any atom is -0.394 e. The summed E-state index contributed by atoms with van der Waals surface area (Å²) in [7, 11) is 0. The quantitative estimate of drug-likeness (QED) is 0.0199. The van der Waals surface area contributed by atoms with E-state index in [1.54, 1.807) is 6.08 Å². The van der Waals surface area contributed by atoms with E-state index in [1.807, 2.05) is 6.08 Å². The number of carbonyl (C=O) groups is 1. The van der Waals surface area contributed by atoms with Gasteiger partial charge in [0.05, 0.1) is 38.6 Å². The molecule has 1 amide bonds. The molecule has 3 aliphatic rings. The summed E-state index contributed by atoms with van der Waals surface area (Å²) in [5.41, 5.74) is 0. The van der Waals surface area contributed by atoms with Crippen LogP contribution in [0.2, 0.25) is 0 Å². The lowest BCUT2D eigenvalue weighted by Crippen LogP contribution is -2.66. The van der Waals surface area contributed by atoms with E-state index in [4.69, 9.17) is 28.4 Å². The van der Waals surface area contributed by atoms with Gasteiger partial charge in [-0.05, 0) is 70.6 Å². The molecule has 656 valence electrons. The van der Waals surface area contributed by atoms with Crippen molar-refractivity contribution in [3.05, 3.63) is 60.8 Å². The molecule has 3 rings (SSSR count). The van der Waals surface area contributed by atoms with Crippen LogP contribution in [-0.4, -0.2) is 193 Å². The Kier molecular flexibility index (Phi) is 67.1. The van der Waals surface area contributed by atoms with Crippen LogP contribution < -0.4 is 5.32 Å². The fourth-order valence-corrected chi connectivity index (χ4v) is 15.6. The van der Waals surface area contributed by atoms with Crippen LogP contribution in [0, 0.1) is 0 Å². The van der Waals surface area contributed by atoms with Crippen molar-refractivity contribution in [3.8, 4) is 0 Å². The molecule has 0 aromatic rings. The van der Waals surface area contributed by atoms with Crippen molar-refractivity contribution in [1.29, 1.82) is 0 Å². The van der Waals surface area contributed by atoms with Crippen LogP contribution in [-0.2, 0) is 33.2 Å². The topological polar surface area (TPSA) is 307 Å². The summed E-state index contributed by atoms with van der Waals surface area (Å²) in [6.45, 7) is 1.77. The highest BCUT2D eigenvalue weighted by Gasteiger charge is 2.54. The maximum atomic E-state index is 13.5. The van der Waals surface area contributed by atoms with E-state index in [0.29, 0.717) is 12.8 Å². The van der Waals surface area contributed by atoms with Gasteiger partial charge in [0.2, 0.25) is 5.91 Å². The summed E-state index contributed by atoms with van der Waals surface area (Å²) in [6.07, 6.45) is 69.6. The number of hydrogen-bond acceptors (Lipinski definition) is 18. The number of ether oxygens (including phenoxy) is 6. The fourth-order valence-electron chi connectivity index (χ4n) is 15.6. The Morgan fingerprint density at radius 3 is 0.955 bits per heavy atom. The van der Waals surface area contributed by atoms with Gasteiger partial charge in [-0.3, -0.25) is 4.79 Å². The Hall–Kier alpha value is -2.51. The van der Waals surface area contributed by atoms with E-state index in [-0.39, 0.29) is 18.9 Å². The van der Waals surface area contributed by atoms with E-state index in [0.717, 1.165) is 51.4 Å². The fraction of sp³-hybridized carbons (Fsp3) is 0.882. The van der Waals surface area contributed by atoms with Crippen molar-refractivity contribution in [2.45, 2.75) is 497 Å². The average Bonchev–Trinajstić information content (AvgIpc) is 0.782. The molecule has 0 radical (unpaired) electrons. The molecule has 0 aromatic heterocycles. The van der Waals surface area contributed by atoms with Gasteiger partial charge in [0, 0.05) is 6.42 Å². The standard InChI is InChI=1S/C93H171NO18/c1-3-5-7-9-11-13-15-17-19-21-23-25-27-29-31-33-35-37-38-39-41-43-45-47-49-51-53-55-57-59-61-63-65-67-69-71-81(99)94-76(77(98)70-68-66-64-62-60-58-56-54-52-50-48-46-44-42-40-36-34-32-30-28-26-24-22-20-18-16-14-12-10-8-6-4-2)75-107-91-87(105)84(102)89(79(73-96)109-91)112-93-88(106)85(103)90(80(74-97)110-93)111-92-86(104)83(101)82(100)78(72-95)108-92/h15,17,21,23,27,29,60,62,68,70,76-80,82-93,95-98,100-106H,3-14,16,18-20,22,24-26,28,30-59,61,63-67,69,71-75H2,1-2H3,(H,94,99)/b17-15-,23-21-,29-27-,62-60+,70-68+. The minimum absolute atomic E-state index is 0.237. The number of allylic oxidation sites excluding steroid dienone is 9. The van der Waals surface area contributed by atoms with Crippen molar-refractivity contribution < 1.29 is 89.4 Å². The molecule has 0 spiro atoms. The highest BCUT2D eigenvalue weighted by atomic mass is 16.8. The first-order chi connectivity index (χ1) is 54.8. The molecule has 17 unspecified atom stereocenters. The number of amides is 1. The Balaban J connectivity index is 1.32. The van der Waals surface area contributed by atoms with Crippen molar-refractivity contribution in [2.75, 3.05) is 26.4 Å². The molecule has 3 aliphatic heterocycles. The van der Waals surface area contributed by atoms with E-state index >= 15 is 0 Å². The highest BCUT2D eigenvalue weighted by Crippen LogP contribution is 2.34. The van der Waals surface area contributed by atoms with Crippen molar-refractivity contribution in [3.63, 3.8) is 0 Å². The molecule has 0 saturated carbocycles. The van der Waals surface area contributed by atoms with Crippen molar-refractivity contribution >= 4 is 5.91 Å². The minimum atomic E-state index is -1.98. The van der Waals surface area contributed by atoms with E-state index in [9.17, 15) is 61.0 Å². The second-order valence-electron chi connectivity index (χ2n) is 33.1. The molecule has 19 nitrogen and oxygen atoms in total. The maximum absolute atomic E-state index is 13.5. The summed E-state index contributed by atoms with van der Waals surface area (Å²) in [5.74, 6) is -0.279. The molecule has 3 fully saturated rings. The van der Waals surface area contributed by atoms with Gasteiger partial charge in [0.15, 0.2) is 18.9 Å². The molecule has 112 heavy (non-hydrogen) atoms. The van der Waals surface area contributed by atoms with Gasteiger partial charge in [0.25, 0.3) is 0 Å². The van der Waals surface area contributed by atoms with E-state index in [1.165, 1.54) is 308 Å². The number of rotatable bonds is 76. The number of aliphatic hydroxyl groups excluding tert-OH is 11. The highest BCUT2D eigenvalue weighted by molar-refractivity contribution is 5.76. The number of hydrogen-bond donors (Lipinski definition) is 12. The third-order valence-electron chi connectivity index (χ3n) is 23.0. The van der Waals surface area contributed by atoms with Crippen LogP contribution in [0.4, 0.5) is 0 Å². The largest absolute Gasteiger partial charge is 0.394 e. The van der Waals surface area contributed by atoms with Crippen LogP contribution in [0.1, 0.15) is 393 Å². The first-order valence-electron chi connectivity index (χ1n) is 46.5. The zero-order chi connectivity index (χ0) is 81.0. The molecule has 0 bridgehead atoms. The molecule has 3 heterocycles. The third-order valence-corrected chi connectivity index (χ3v) is 23.0. The van der Waals surface area contributed by atoms with Crippen LogP contribution >= 0.6 is 0 Å². The lowest BCUT2D eigenvalue weighted by atomic mass is 9.96. The number of carbonyl (C=O) groups excluding carboxylic acids is 1. The van der Waals surface area contributed by atoms with Gasteiger partial charge in [-0.1, -0.05) is 376 Å².